The second-order valence-corrected chi connectivity index (χ2v) is 8.06. The minimum atomic E-state index is -0.622. The zero-order valence-corrected chi connectivity index (χ0v) is 17.3. The van der Waals surface area contributed by atoms with Crippen molar-refractivity contribution < 1.29 is 5.11 Å². The summed E-state index contributed by atoms with van der Waals surface area (Å²) in [6.07, 6.45) is 7.04. The van der Waals surface area contributed by atoms with Gasteiger partial charge in [0.25, 0.3) is 0 Å². The lowest BCUT2D eigenvalue weighted by atomic mass is 10.1. The SMILES string of the molecule is CC(C)CC(O)Nc1cncc(-c2cc3c(-c4cc5cccnc5[nH]4)n[nH]c3cn2)c1. The summed E-state index contributed by atoms with van der Waals surface area (Å²) >= 11 is 0. The number of nitrogens with zero attached hydrogens (tertiary/aromatic N) is 4. The highest BCUT2D eigenvalue weighted by atomic mass is 16.3. The van der Waals surface area contributed by atoms with Gasteiger partial charge in [-0.3, -0.25) is 15.1 Å². The van der Waals surface area contributed by atoms with Gasteiger partial charge in [-0.05, 0) is 42.7 Å². The molecule has 8 heteroatoms. The number of aromatic amines is 2. The van der Waals surface area contributed by atoms with Crippen LogP contribution in [0.4, 0.5) is 5.69 Å². The average Bonchev–Trinajstić information content (AvgIpc) is 3.36. The number of fused-ring (bicyclic) bond motifs is 2. The molecule has 0 aliphatic rings. The van der Waals surface area contributed by atoms with Crippen molar-refractivity contribution in [3.8, 4) is 22.6 Å². The van der Waals surface area contributed by atoms with Crippen LogP contribution >= 0.6 is 0 Å². The van der Waals surface area contributed by atoms with Gasteiger partial charge in [-0.15, -0.1) is 0 Å². The molecule has 5 aromatic heterocycles. The summed E-state index contributed by atoms with van der Waals surface area (Å²) in [6, 6.07) is 9.91. The van der Waals surface area contributed by atoms with Crippen molar-refractivity contribution in [2.45, 2.75) is 26.5 Å². The highest BCUT2D eigenvalue weighted by Crippen LogP contribution is 2.30. The van der Waals surface area contributed by atoms with Crippen molar-refractivity contribution in [1.82, 2.24) is 30.1 Å². The monoisotopic (exact) mass is 413 g/mol. The van der Waals surface area contributed by atoms with E-state index in [1.165, 1.54) is 0 Å². The van der Waals surface area contributed by atoms with Crippen LogP contribution in [0.25, 0.3) is 44.6 Å². The van der Waals surface area contributed by atoms with Gasteiger partial charge in [-0.2, -0.15) is 5.10 Å². The molecule has 5 rings (SSSR count). The summed E-state index contributed by atoms with van der Waals surface area (Å²) in [6.45, 7) is 4.15. The van der Waals surface area contributed by atoms with Crippen molar-refractivity contribution in [2.75, 3.05) is 5.32 Å². The molecule has 5 aromatic rings. The fourth-order valence-corrected chi connectivity index (χ4v) is 3.72. The minimum Gasteiger partial charge on any atom is -0.374 e. The molecule has 0 aliphatic heterocycles. The van der Waals surface area contributed by atoms with Crippen LogP contribution in [0.1, 0.15) is 20.3 Å². The van der Waals surface area contributed by atoms with Gasteiger partial charge in [0.05, 0.1) is 35.0 Å². The van der Waals surface area contributed by atoms with Gasteiger partial charge in [0.2, 0.25) is 0 Å². The molecule has 0 radical (unpaired) electrons. The van der Waals surface area contributed by atoms with E-state index < -0.39 is 6.23 Å². The average molecular weight is 413 g/mol. The van der Waals surface area contributed by atoms with Crippen LogP contribution in [0, 0.1) is 5.92 Å². The Bertz CT molecular complexity index is 1320. The maximum absolute atomic E-state index is 10.2. The summed E-state index contributed by atoms with van der Waals surface area (Å²) in [5, 5.41) is 22.8. The van der Waals surface area contributed by atoms with Gasteiger partial charge < -0.3 is 15.4 Å². The zero-order chi connectivity index (χ0) is 21.4. The Balaban J connectivity index is 1.50. The van der Waals surface area contributed by atoms with E-state index in [0.29, 0.717) is 12.3 Å². The molecule has 1 atom stereocenters. The van der Waals surface area contributed by atoms with E-state index in [4.69, 9.17) is 0 Å². The maximum Gasteiger partial charge on any atom is 0.137 e. The molecule has 156 valence electrons. The van der Waals surface area contributed by atoms with Gasteiger partial charge in [0, 0.05) is 28.7 Å². The molecule has 0 saturated heterocycles. The minimum absolute atomic E-state index is 0.391. The number of aliphatic hydroxyl groups is 1. The predicted molar refractivity (Wildman–Crippen MR) is 121 cm³/mol. The molecule has 5 heterocycles. The topological polar surface area (TPSA) is 115 Å². The molecule has 0 spiro atoms. The molecule has 1 unspecified atom stereocenters. The van der Waals surface area contributed by atoms with E-state index in [1.807, 2.05) is 30.3 Å². The first kappa shape index (κ1) is 19.2. The van der Waals surface area contributed by atoms with Crippen molar-refractivity contribution in [2.24, 2.45) is 5.92 Å². The Labute approximate surface area is 178 Å². The van der Waals surface area contributed by atoms with Crippen LogP contribution in [-0.4, -0.2) is 41.5 Å². The Kier molecular flexibility index (Phi) is 4.83. The van der Waals surface area contributed by atoms with Crippen LogP contribution in [0.2, 0.25) is 0 Å². The molecule has 0 aromatic carbocycles. The molecular formula is C23H23N7O. The van der Waals surface area contributed by atoms with Crippen LogP contribution < -0.4 is 5.32 Å². The standard InChI is InChI=1S/C23H23N7O/c1-13(2)6-21(31)27-16-7-15(10-24-11-16)18-9-17-20(12-26-18)29-30-22(17)19-8-14-4-3-5-25-23(14)28-19/h3-5,7-13,21,27,31H,6H2,1-2H3,(H,25,28)(H,29,30). The van der Waals surface area contributed by atoms with Gasteiger partial charge in [-0.1, -0.05) is 13.8 Å². The van der Waals surface area contributed by atoms with Crippen molar-refractivity contribution in [1.29, 1.82) is 0 Å². The second kappa shape index (κ2) is 7.81. The smallest absolute Gasteiger partial charge is 0.137 e. The van der Waals surface area contributed by atoms with Gasteiger partial charge in [0.1, 0.15) is 17.6 Å². The third-order valence-corrected chi connectivity index (χ3v) is 5.16. The van der Waals surface area contributed by atoms with Crippen LogP contribution in [0.5, 0.6) is 0 Å². The first-order valence-electron chi connectivity index (χ1n) is 10.2. The molecule has 0 saturated carbocycles. The van der Waals surface area contributed by atoms with E-state index in [-0.39, 0.29) is 0 Å². The number of hydrogen-bond donors (Lipinski definition) is 4. The van der Waals surface area contributed by atoms with Crippen LogP contribution in [-0.2, 0) is 0 Å². The number of hydrogen-bond acceptors (Lipinski definition) is 6. The summed E-state index contributed by atoms with van der Waals surface area (Å²) in [7, 11) is 0. The maximum atomic E-state index is 10.2. The number of anilines is 1. The van der Waals surface area contributed by atoms with Gasteiger partial charge in [-0.25, -0.2) is 4.98 Å². The van der Waals surface area contributed by atoms with Crippen molar-refractivity contribution in [3.05, 3.63) is 55.1 Å². The lowest BCUT2D eigenvalue weighted by Gasteiger charge is -2.16. The Morgan fingerprint density at radius 1 is 1.10 bits per heavy atom. The predicted octanol–water partition coefficient (Wildman–Crippen LogP) is 4.34. The largest absolute Gasteiger partial charge is 0.374 e. The third-order valence-electron chi connectivity index (χ3n) is 5.16. The second-order valence-electron chi connectivity index (χ2n) is 8.06. The van der Waals surface area contributed by atoms with E-state index >= 15 is 0 Å². The number of aliphatic hydroxyl groups excluding tert-OH is 1. The van der Waals surface area contributed by atoms with Gasteiger partial charge >= 0.3 is 0 Å². The molecule has 31 heavy (non-hydrogen) atoms. The number of pyridine rings is 3. The number of aromatic nitrogens is 6. The fourth-order valence-electron chi connectivity index (χ4n) is 3.72. The molecular weight excluding hydrogens is 390 g/mol. The van der Waals surface area contributed by atoms with E-state index in [2.05, 4.69) is 49.3 Å². The van der Waals surface area contributed by atoms with Crippen LogP contribution in [0.3, 0.4) is 0 Å². The van der Waals surface area contributed by atoms with E-state index in [9.17, 15) is 5.11 Å². The Morgan fingerprint density at radius 3 is 2.84 bits per heavy atom. The number of rotatable bonds is 6. The molecule has 0 aliphatic carbocycles. The highest BCUT2D eigenvalue weighted by molar-refractivity contribution is 5.96. The first-order valence-corrected chi connectivity index (χ1v) is 10.2. The lowest BCUT2D eigenvalue weighted by Crippen LogP contribution is -2.20. The molecule has 0 bridgehead atoms. The Hall–Kier alpha value is -3.78. The van der Waals surface area contributed by atoms with Crippen LogP contribution in [0.15, 0.2) is 55.1 Å². The lowest BCUT2D eigenvalue weighted by molar-refractivity contribution is 0.176. The van der Waals surface area contributed by atoms with E-state index in [1.54, 1.807) is 24.8 Å². The number of H-pyrrole nitrogens is 2. The van der Waals surface area contributed by atoms with Crippen molar-refractivity contribution in [3.63, 3.8) is 0 Å². The first-order chi connectivity index (χ1) is 15.1. The fraction of sp³-hybridized carbons (Fsp3) is 0.217. The summed E-state index contributed by atoms with van der Waals surface area (Å²) in [5.74, 6) is 0.391. The Morgan fingerprint density at radius 2 is 2.00 bits per heavy atom. The summed E-state index contributed by atoms with van der Waals surface area (Å²) < 4.78 is 0. The summed E-state index contributed by atoms with van der Waals surface area (Å²) in [5.41, 5.74) is 5.76. The van der Waals surface area contributed by atoms with Gasteiger partial charge in [0.15, 0.2) is 0 Å². The highest BCUT2D eigenvalue weighted by Gasteiger charge is 2.14. The number of nitrogens with one attached hydrogen (secondary N) is 3. The normalized spacial score (nSPS) is 12.6. The molecule has 0 amide bonds. The summed E-state index contributed by atoms with van der Waals surface area (Å²) in [4.78, 5) is 16.6. The van der Waals surface area contributed by atoms with E-state index in [0.717, 1.165) is 50.3 Å². The molecule has 0 fully saturated rings. The zero-order valence-electron chi connectivity index (χ0n) is 17.3. The molecule has 4 N–H and O–H groups in total. The third kappa shape index (κ3) is 3.85. The van der Waals surface area contributed by atoms with Crippen molar-refractivity contribution >= 4 is 27.6 Å². The quantitative estimate of drug-likeness (QED) is 0.308. The molecule has 8 nitrogen and oxygen atoms in total.